The monoisotopic (exact) mass is 213 g/mol. The lowest BCUT2D eigenvalue weighted by Gasteiger charge is -1.97. The maximum absolute atomic E-state index is 5.35. The van der Waals surface area contributed by atoms with Crippen LogP contribution in [0.2, 0.25) is 0 Å². The zero-order valence-corrected chi connectivity index (χ0v) is 10.5. The number of hydrogen-bond acceptors (Lipinski definition) is 0. The topological polar surface area (TPSA) is 15.8 Å². The first kappa shape index (κ1) is 12.4. The van der Waals surface area contributed by atoms with Crippen LogP contribution < -0.4 is 0 Å². The zero-order chi connectivity index (χ0) is 12.1. The average Bonchev–Trinajstić information content (AvgIpc) is 2.74. The van der Waals surface area contributed by atoms with Gasteiger partial charge in [-0.25, -0.2) is 0 Å². The Morgan fingerprint density at radius 2 is 1.88 bits per heavy atom. The third-order valence-electron chi connectivity index (χ3n) is 2.43. The summed E-state index contributed by atoms with van der Waals surface area (Å²) in [7, 11) is 0. The lowest BCUT2D eigenvalue weighted by Crippen LogP contribution is -1.84. The van der Waals surface area contributed by atoms with Crippen molar-refractivity contribution < 1.29 is 0 Å². The zero-order valence-electron chi connectivity index (χ0n) is 10.5. The van der Waals surface area contributed by atoms with Crippen LogP contribution in [0.3, 0.4) is 0 Å². The summed E-state index contributed by atoms with van der Waals surface area (Å²) in [6, 6.07) is 8.21. The Morgan fingerprint density at radius 1 is 1.19 bits per heavy atom. The Morgan fingerprint density at radius 3 is 2.44 bits per heavy atom. The molecule has 0 saturated heterocycles. The summed E-state index contributed by atoms with van der Waals surface area (Å²) in [4.78, 5) is 3.38. The molecule has 1 N–H and O–H groups in total. The van der Waals surface area contributed by atoms with Crippen molar-refractivity contribution in [1.82, 2.24) is 4.98 Å². The fourth-order valence-corrected chi connectivity index (χ4v) is 1.56. The molecule has 0 saturated carbocycles. The lowest BCUT2D eigenvalue weighted by atomic mass is 10.1. The highest BCUT2D eigenvalue weighted by atomic mass is 14.7. The van der Waals surface area contributed by atoms with Crippen molar-refractivity contribution in [3.8, 4) is 12.3 Å². The van der Waals surface area contributed by atoms with Crippen LogP contribution in [0.4, 0.5) is 0 Å². The molecule has 2 aromatic rings. The summed E-state index contributed by atoms with van der Waals surface area (Å²) >= 11 is 0. The van der Waals surface area contributed by atoms with Crippen LogP contribution >= 0.6 is 0 Å². The van der Waals surface area contributed by atoms with Crippen molar-refractivity contribution in [2.75, 3.05) is 0 Å². The van der Waals surface area contributed by atoms with Crippen LogP contribution in [0.5, 0.6) is 0 Å². The second-order valence-electron chi connectivity index (χ2n) is 3.83. The number of nitrogens with one attached hydrogen (secondary N) is 1. The van der Waals surface area contributed by atoms with E-state index in [-0.39, 0.29) is 0 Å². The molecular weight excluding hydrogens is 194 g/mol. The normalized spacial score (nSPS) is 9.75. The predicted octanol–water partition coefficient (Wildman–Crippen LogP) is 4.30. The number of aromatic nitrogens is 1. The molecule has 0 unspecified atom stereocenters. The number of benzene rings is 1. The predicted molar refractivity (Wildman–Crippen MR) is 71.7 cm³/mol. The van der Waals surface area contributed by atoms with Crippen molar-refractivity contribution in [3.63, 3.8) is 0 Å². The fourth-order valence-electron chi connectivity index (χ4n) is 1.56. The molecule has 0 aliphatic rings. The Kier molecular flexibility index (Phi) is 4.19. The summed E-state index contributed by atoms with van der Waals surface area (Å²) in [5, 5.41) is 1.20. The van der Waals surface area contributed by atoms with Crippen LogP contribution in [0.15, 0.2) is 24.3 Å². The molecule has 1 heterocycles. The average molecular weight is 213 g/mol. The minimum atomic E-state index is 0.525. The third-order valence-corrected chi connectivity index (χ3v) is 2.43. The highest BCUT2D eigenvalue weighted by molar-refractivity contribution is 5.82. The van der Waals surface area contributed by atoms with Crippen LogP contribution in [0, 0.1) is 12.3 Å². The summed E-state index contributed by atoms with van der Waals surface area (Å²) in [5.41, 5.74) is 3.36. The molecule has 16 heavy (non-hydrogen) atoms. The summed E-state index contributed by atoms with van der Waals surface area (Å²) in [5.74, 6) is 3.17. The van der Waals surface area contributed by atoms with E-state index >= 15 is 0 Å². The lowest BCUT2D eigenvalue weighted by molar-refractivity contribution is 0.836. The van der Waals surface area contributed by atoms with Gasteiger partial charge in [-0.05, 0) is 30.2 Å². The van der Waals surface area contributed by atoms with Crippen LogP contribution in [0.25, 0.3) is 10.9 Å². The van der Waals surface area contributed by atoms with Gasteiger partial charge in [0.05, 0.1) is 0 Å². The van der Waals surface area contributed by atoms with Gasteiger partial charge >= 0.3 is 0 Å². The minimum absolute atomic E-state index is 0.525. The smallest absolute Gasteiger partial charge is 0.0457 e. The van der Waals surface area contributed by atoms with E-state index in [1.165, 1.54) is 11.1 Å². The van der Waals surface area contributed by atoms with E-state index in [1.807, 2.05) is 32.0 Å². The Hall–Kier alpha value is -1.68. The molecular formula is C15H19N. The fraction of sp³-hybridized carbons (Fsp3) is 0.333. The van der Waals surface area contributed by atoms with E-state index in [0.29, 0.717) is 5.92 Å². The Balaban J connectivity index is 0.000000606. The number of rotatable bonds is 1. The van der Waals surface area contributed by atoms with Gasteiger partial charge < -0.3 is 4.98 Å². The van der Waals surface area contributed by atoms with E-state index in [4.69, 9.17) is 6.42 Å². The molecule has 0 aliphatic carbocycles. The molecule has 0 amide bonds. The molecule has 1 aromatic heterocycles. The standard InChI is InChI=1S/C13H13N.C2H6/c1-4-10-5-6-12-11(7-10)8-13(14-12)9(2)3;1-2/h1,5-9,14H,2-3H3;1-2H3. The van der Waals surface area contributed by atoms with Crippen molar-refractivity contribution in [2.45, 2.75) is 33.6 Å². The maximum Gasteiger partial charge on any atom is 0.0457 e. The van der Waals surface area contributed by atoms with Gasteiger partial charge in [-0.3, -0.25) is 0 Å². The number of hydrogen-bond donors (Lipinski definition) is 1. The molecule has 0 bridgehead atoms. The van der Waals surface area contributed by atoms with Crippen LogP contribution in [0.1, 0.15) is 44.9 Å². The molecule has 2 rings (SSSR count). The summed E-state index contributed by atoms with van der Waals surface area (Å²) in [6.07, 6.45) is 5.35. The molecule has 0 aliphatic heterocycles. The molecule has 0 spiro atoms. The van der Waals surface area contributed by atoms with E-state index in [1.54, 1.807) is 0 Å². The van der Waals surface area contributed by atoms with Crippen LogP contribution in [-0.4, -0.2) is 4.98 Å². The largest absolute Gasteiger partial charge is 0.358 e. The first-order valence-corrected chi connectivity index (χ1v) is 5.80. The second-order valence-corrected chi connectivity index (χ2v) is 3.83. The molecule has 1 nitrogen and oxygen atoms in total. The van der Waals surface area contributed by atoms with Gasteiger partial charge in [-0.2, -0.15) is 0 Å². The summed E-state index contributed by atoms with van der Waals surface area (Å²) in [6.45, 7) is 8.35. The van der Waals surface area contributed by atoms with Crippen LogP contribution in [-0.2, 0) is 0 Å². The second kappa shape index (κ2) is 5.42. The molecule has 0 fully saturated rings. The van der Waals surface area contributed by atoms with E-state index < -0.39 is 0 Å². The van der Waals surface area contributed by atoms with Crippen molar-refractivity contribution in [2.24, 2.45) is 0 Å². The summed E-state index contributed by atoms with van der Waals surface area (Å²) < 4.78 is 0. The molecule has 0 atom stereocenters. The highest BCUT2D eigenvalue weighted by Crippen LogP contribution is 2.21. The SMILES string of the molecule is C#Cc1ccc2[nH]c(C(C)C)cc2c1.CC. The minimum Gasteiger partial charge on any atom is -0.358 e. The number of H-pyrrole nitrogens is 1. The molecule has 84 valence electrons. The van der Waals surface area contributed by atoms with Gasteiger partial charge in [-0.1, -0.05) is 33.6 Å². The van der Waals surface area contributed by atoms with Gasteiger partial charge in [0, 0.05) is 22.2 Å². The first-order chi connectivity index (χ1) is 7.70. The van der Waals surface area contributed by atoms with E-state index in [9.17, 15) is 0 Å². The van der Waals surface area contributed by atoms with Gasteiger partial charge in [0.25, 0.3) is 0 Å². The number of aromatic amines is 1. The van der Waals surface area contributed by atoms with E-state index in [0.717, 1.165) is 11.1 Å². The number of fused-ring (bicyclic) bond motifs is 1. The third kappa shape index (κ3) is 2.46. The number of terminal acetylenes is 1. The Bertz CT molecular complexity index is 498. The quantitative estimate of drug-likeness (QED) is 0.680. The van der Waals surface area contributed by atoms with Gasteiger partial charge in [-0.15, -0.1) is 6.42 Å². The first-order valence-electron chi connectivity index (χ1n) is 5.80. The van der Waals surface area contributed by atoms with Gasteiger partial charge in [0.1, 0.15) is 0 Å². The maximum atomic E-state index is 5.35. The highest BCUT2D eigenvalue weighted by Gasteiger charge is 2.03. The van der Waals surface area contributed by atoms with Gasteiger partial charge in [0.2, 0.25) is 0 Å². The van der Waals surface area contributed by atoms with Crippen molar-refractivity contribution >= 4 is 10.9 Å². The molecule has 1 aromatic carbocycles. The van der Waals surface area contributed by atoms with Gasteiger partial charge in [0.15, 0.2) is 0 Å². The van der Waals surface area contributed by atoms with E-state index in [2.05, 4.69) is 30.8 Å². The molecule has 1 heteroatoms. The molecule has 0 radical (unpaired) electrons. The Labute approximate surface area is 97.9 Å². The van der Waals surface area contributed by atoms with Crippen molar-refractivity contribution in [1.29, 1.82) is 0 Å². The van der Waals surface area contributed by atoms with Crippen molar-refractivity contribution in [3.05, 3.63) is 35.5 Å².